The highest BCUT2D eigenvalue weighted by Gasteiger charge is 2.32. The molecule has 0 aliphatic heterocycles. The minimum Gasteiger partial charge on any atom is -0.508 e. The molecule has 0 saturated carbocycles. The van der Waals surface area contributed by atoms with Crippen LogP contribution in [-0.2, 0) is 16.2 Å². The van der Waals surface area contributed by atoms with Gasteiger partial charge in [-0.25, -0.2) is 0 Å². The minimum absolute atomic E-state index is 0.0193. The monoisotopic (exact) mass is 276 g/mol. The molecule has 0 saturated heterocycles. The molecule has 0 spiro atoms. The SMILES string of the molecule is Cc1c(C(C)(C)C)cc(O)c(C(C)(C)C)c1C(C)(C)C. The van der Waals surface area contributed by atoms with E-state index in [2.05, 4.69) is 69.2 Å². The van der Waals surface area contributed by atoms with Gasteiger partial charge >= 0.3 is 0 Å². The van der Waals surface area contributed by atoms with Crippen molar-refractivity contribution in [3.05, 3.63) is 28.3 Å². The van der Waals surface area contributed by atoms with E-state index < -0.39 is 0 Å². The number of phenols is 1. The van der Waals surface area contributed by atoms with Crippen LogP contribution >= 0.6 is 0 Å². The molecule has 20 heavy (non-hydrogen) atoms. The molecule has 1 heteroatoms. The summed E-state index contributed by atoms with van der Waals surface area (Å²) in [6.45, 7) is 22.0. The Morgan fingerprint density at radius 3 is 1.40 bits per heavy atom. The molecule has 1 aromatic rings. The van der Waals surface area contributed by atoms with Gasteiger partial charge in [-0.2, -0.15) is 0 Å². The average Bonchev–Trinajstić information content (AvgIpc) is 2.14. The maximum Gasteiger partial charge on any atom is 0.119 e. The Kier molecular flexibility index (Phi) is 4.09. The molecule has 1 N–H and O–H groups in total. The van der Waals surface area contributed by atoms with Crippen LogP contribution in [0.25, 0.3) is 0 Å². The van der Waals surface area contributed by atoms with Gasteiger partial charge in [-0.05, 0) is 45.9 Å². The van der Waals surface area contributed by atoms with E-state index in [1.54, 1.807) is 0 Å². The molecule has 0 bridgehead atoms. The van der Waals surface area contributed by atoms with Crippen molar-refractivity contribution < 1.29 is 5.11 Å². The molecule has 0 atom stereocenters. The number of rotatable bonds is 0. The summed E-state index contributed by atoms with van der Waals surface area (Å²) < 4.78 is 0. The van der Waals surface area contributed by atoms with Crippen LogP contribution < -0.4 is 0 Å². The number of hydrogen-bond acceptors (Lipinski definition) is 1. The molecule has 0 aromatic heterocycles. The number of benzene rings is 1. The zero-order chi connectivity index (χ0) is 16.1. The summed E-state index contributed by atoms with van der Waals surface area (Å²) >= 11 is 0. The van der Waals surface area contributed by atoms with Crippen LogP contribution in [0.5, 0.6) is 5.75 Å². The van der Waals surface area contributed by atoms with Gasteiger partial charge in [0.2, 0.25) is 0 Å². The van der Waals surface area contributed by atoms with Gasteiger partial charge in [0.05, 0.1) is 0 Å². The van der Waals surface area contributed by atoms with Crippen LogP contribution in [0.3, 0.4) is 0 Å². The van der Waals surface area contributed by atoms with E-state index >= 15 is 0 Å². The molecule has 0 aliphatic carbocycles. The second-order valence-electron chi connectivity index (χ2n) is 9.07. The Balaban J connectivity index is 3.88. The van der Waals surface area contributed by atoms with Crippen molar-refractivity contribution in [2.45, 2.75) is 85.5 Å². The van der Waals surface area contributed by atoms with E-state index in [-0.39, 0.29) is 16.2 Å². The van der Waals surface area contributed by atoms with Crippen molar-refractivity contribution in [2.24, 2.45) is 0 Å². The smallest absolute Gasteiger partial charge is 0.119 e. The number of phenolic OH excluding ortho intramolecular Hbond substituents is 1. The van der Waals surface area contributed by atoms with Crippen LogP contribution in [0.1, 0.15) is 84.6 Å². The summed E-state index contributed by atoms with van der Waals surface area (Å²) in [7, 11) is 0. The van der Waals surface area contributed by atoms with Crippen LogP contribution in [0.2, 0.25) is 0 Å². The van der Waals surface area contributed by atoms with Gasteiger partial charge in [0.1, 0.15) is 5.75 Å². The fourth-order valence-electron chi connectivity index (χ4n) is 3.24. The standard InChI is InChI=1S/C19H32O/c1-12-13(17(2,3)4)11-14(20)16(19(8,9)10)15(12)18(5,6)7/h11,20H,1-10H3. The summed E-state index contributed by atoms with van der Waals surface area (Å²) in [6.07, 6.45) is 0. The largest absolute Gasteiger partial charge is 0.508 e. The van der Waals surface area contributed by atoms with Crippen LogP contribution in [0, 0.1) is 6.92 Å². The summed E-state index contributed by atoms with van der Waals surface area (Å²) in [4.78, 5) is 0. The van der Waals surface area contributed by atoms with E-state index in [9.17, 15) is 5.11 Å². The lowest BCUT2D eigenvalue weighted by Gasteiger charge is -2.35. The van der Waals surface area contributed by atoms with Crippen molar-refractivity contribution in [3.8, 4) is 5.75 Å². The minimum atomic E-state index is -0.0616. The molecular weight excluding hydrogens is 244 g/mol. The molecule has 0 amide bonds. The third-order valence-electron chi connectivity index (χ3n) is 3.87. The lowest BCUT2D eigenvalue weighted by molar-refractivity contribution is 0.429. The van der Waals surface area contributed by atoms with Crippen molar-refractivity contribution in [3.63, 3.8) is 0 Å². The van der Waals surface area contributed by atoms with Crippen LogP contribution in [0.4, 0.5) is 0 Å². The molecule has 1 rings (SSSR count). The Morgan fingerprint density at radius 2 is 1.10 bits per heavy atom. The fourth-order valence-corrected chi connectivity index (χ4v) is 3.24. The Bertz CT molecular complexity index is 503. The summed E-state index contributed by atoms with van der Waals surface area (Å²) in [6, 6.07) is 1.98. The topological polar surface area (TPSA) is 20.2 Å². The van der Waals surface area contributed by atoms with Gasteiger partial charge in [0.25, 0.3) is 0 Å². The molecule has 1 aromatic carbocycles. The number of aromatic hydroxyl groups is 1. The second kappa shape index (κ2) is 4.79. The highest BCUT2D eigenvalue weighted by molar-refractivity contribution is 5.55. The molecule has 0 radical (unpaired) electrons. The quantitative estimate of drug-likeness (QED) is 0.654. The summed E-state index contributed by atoms with van der Waals surface area (Å²) in [5.41, 5.74) is 4.96. The van der Waals surface area contributed by atoms with Gasteiger partial charge in [-0.3, -0.25) is 0 Å². The second-order valence-corrected chi connectivity index (χ2v) is 9.07. The maximum atomic E-state index is 10.7. The van der Waals surface area contributed by atoms with Crippen LogP contribution in [0.15, 0.2) is 6.07 Å². The highest BCUT2D eigenvalue weighted by Crippen LogP contribution is 2.44. The van der Waals surface area contributed by atoms with E-state index in [1.807, 2.05) is 6.07 Å². The molecule has 0 fully saturated rings. The van der Waals surface area contributed by atoms with Gasteiger partial charge in [-0.15, -0.1) is 0 Å². The zero-order valence-electron chi connectivity index (χ0n) is 15.0. The van der Waals surface area contributed by atoms with Crippen molar-refractivity contribution in [2.75, 3.05) is 0 Å². The molecule has 0 aliphatic rings. The van der Waals surface area contributed by atoms with Gasteiger partial charge in [0, 0.05) is 5.56 Å². The first-order valence-corrected chi connectivity index (χ1v) is 7.55. The summed E-state index contributed by atoms with van der Waals surface area (Å²) in [5, 5.41) is 10.7. The van der Waals surface area contributed by atoms with E-state index in [0.29, 0.717) is 5.75 Å². The third-order valence-corrected chi connectivity index (χ3v) is 3.87. The first-order valence-electron chi connectivity index (χ1n) is 7.55. The Hall–Kier alpha value is -0.980. The fraction of sp³-hybridized carbons (Fsp3) is 0.684. The predicted molar refractivity (Wildman–Crippen MR) is 88.9 cm³/mol. The normalized spacial score (nSPS) is 13.7. The molecule has 114 valence electrons. The van der Waals surface area contributed by atoms with Crippen LogP contribution in [-0.4, -0.2) is 5.11 Å². The lowest BCUT2D eigenvalue weighted by atomic mass is 9.69. The first kappa shape index (κ1) is 17.1. The third kappa shape index (κ3) is 3.19. The van der Waals surface area contributed by atoms with Crippen molar-refractivity contribution in [1.29, 1.82) is 0 Å². The van der Waals surface area contributed by atoms with Crippen molar-refractivity contribution in [1.82, 2.24) is 0 Å². The lowest BCUT2D eigenvalue weighted by Crippen LogP contribution is -2.26. The first-order chi connectivity index (χ1) is 8.67. The molecular formula is C19H32O. The van der Waals surface area contributed by atoms with Gasteiger partial charge in [0.15, 0.2) is 0 Å². The molecule has 1 nitrogen and oxygen atoms in total. The van der Waals surface area contributed by atoms with Crippen molar-refractivity contribution >= 4 is 0 Å². The Morgan fingerprint density at radius 1 is 0.700 bits per heavy atom. The Labute approximate surface area is 125 Å². The van der Waals surface area contributed by atoms with Gasteiger partial charge in [-0.1, -0.05) is 62.3 Å². The zero-order valence-corrected chi connectivity index (χ0v) is 15.0. The van der Waals surface area contributed by atoms with E-state index in [0.717, 1.165) is 5.56 Å². The number of hydrogen-bond donors (Lipinski definition) is 1. The highest BCUT2D eigenvalue weighted by atomic mass is 16.3. The molecule has 0 unspecified atom stereocenters. The maximum absolute atomic E-state index is 10.7. The van der Waals surface area contributed by atoms with E-state index in [1.165, 1.54) is 16.7 Å². The predicted octanol–water partition coefficient (Wildman–Crippen LogP) is 5.59. The average molecular weight is 276 g/mol. The van der Waals surface area contributed by atoms with E-state index in [4.69, 9.17) is 0 Å². The van der Waals surface area contributed by atoms with Gasteiger partial charge < -0.3 is 5.11 Å². The molecule has 0 heterocycles. The summed E-state index contributed by atoms with van der Waals surface area (Å²) in [5.74, 6) is 0.443.